The van der Waals surface area contributed by atoms with E-state index in [2.05, 4.69) is 23.9 Å². The molecule has 0 bridgehead atoms. The minimum absolute atomic E-state index is 0.0774. The van der Waals surface area contributed by atoms with Crippen LogP contribution in [-0.2, 0) is 14.3 Å². The fraction of sp³-hybridized carbons (Fsp3) is 0.429. The van der Waals surface area contributed by atoms with Crippen molar-refractivity contribution in [3.05, 3.63) is 12.2 Å². The number of hydrogen-bond acceptors (Lipinski definition) is 3. The molecule has 0 saturated heterocycles. The molecule has 0 atom stereocenters. The van der Waals surface area contributed by atoms with Crippen LogP contribution in [0.25, 0.3) is 0 Å². The highest BCUT2D eigenvalue weighted by Crippen LogP contribution is 1.94. The quantitative estimate of drug-likeness (QED) is 0.392. The second-order valence-corrected chi connectivity index (χ2v) is 2.56. The smallest absolute Gasteiger partial charge is 0.333 e. The second kappa shape index (κ2) is 4.96. The Labute approximate surface area is 70.8 Å². The van der Waals surface area contributed by atoms with Gasteiger partial charge in [-0.1, -0.05) is 6.58 Å². The summed E-state index contributed by atoms with van der Waals surface area (Å²) in [6, 6.07) is 0. The Bertz CT molecular complexity index is 186. The largest absolute Gasteiger partial charge is 0.462 e. The molecule has 0 aliphatic heterocycles. The van der Waals surface area contributed by atoms with Crippen LogP contribution in [0.2, 0.25) is 0 Å². The van der Waals surface area contributed by atoms with Crippen molar-refractivity contribution in [2.75, 3.05) is 6.61 Å². The first kappa shape index (κ1) is 10.2. The summed E-state index contributed by atoms with van der Waals surface area (Å²) in [4.78, 5) is 20.9. The summed E-state index contributed by atoms with van der Waals surface area (Å²) in [6.07, 6.45) is 0.141. The topological polar surface area (TPSA) is 43.4 Å². The fourth-order valence-electron chi connectivity index (χ4n) is 0.354. The number of carbonyl (C=O) groups excluding carboxylic acids is 2. The molecule has 0 aromatic rings. The van der Waals surface area contributed by atoms with Gasteiger partial charge in [-0.15, -0.1) is 12.6 Å². The van der Waals surface area contributed by atoms with Crippen molar-refractivity contribution < 1.29 is 14.3 Å². The molecule has 0 fully saturated rings. The number of carbonyl (C=O) groups is 2. The van der Waals surface area contributed by atoms with Crippen molar-refractivity contribution in [3.8, 4) is 0 Å². The third-order valence-corrected chi connectivity index (χ3v) is 1.12. The molecule has 0 aliphatic rings. The van der Waals surface area contributed by atoms with E-state index in [0.29, 0.717) is 5.57 Å². The Balaban J connectivity index is 3.47. The predicted molar refractivity (Wildman–Crippen MR) is 44.4 cm³/mol. The lowest BCUT2D eigenvalue weighted by Crippen LogP contribution is -2.07. The highest BCUT2D eigenvalue weighted by molar-refractivity contribution is 7.96. The monoisotopic (exact) mass is 174 g/mol. The molecule has 0 N–H and O–H groups in total. The van der Waals surface area contributed by atoms with E-state index < -0.39 is 5.97 Å². The lowest BCUT2D eigenvalue weighted by atomic mass is 10.4. The van der Waals surface area contributed by atoms with Gasteiger partial charge in [0.05, 0.1) is 13.0 Å². The van der Waals surface area contributed by atoms with E-state index >= 15 is 0 Å². The van der Waals surface area contributed by atoms with Gasteiger partial charge in [-0.2, -0.15) is 0 Å². The van der Waals surface area contributed by atoms with Crippen molar-refractivity contribution in [2.24, 2.45) is 0 Å². The van der Waals surface area contributed by atoms with Crippen molar-refractivity contribution in [1.82, 2.24) is 0 Å². The van der Waals surface area contributed by atoms with Crippen LogP contribution in [0.5, 0.6) is 0 Å². The maximum absolute atomic E-state index is 10.7. The third kappa shape index (κ3) is 5.66. The van der Waals surface area contributed by atoms with Crippen LogP contribution in [-0.4, -0.2) is 17.7 Å². The Morgan fingerprint density at radius 1 is 1.55 bits per heavy atom. The normalized spacial score (nSPS) is 8.91. The Hall–Kier alpha value is -0.770. The minimum Gasteiger partial charge on any atom is -0.462 e. The fourth-order valence-corrected chi connectivity index (χ4v) is 0.446. The molecule has 0 radical (unpaired) electrons. The second-order valence-electron chi connectivity index (χ2n) is 2.06. The van der Waals surface area contributed by atoms with Crippen LogP contribution in [0, 0.1) is 0 Å². The van der Waals surface area contributed by atoms with E-state index in [0.717, 1.165) is 0 Å². The van der Waals surface area contributed by atoms with Gasteiger partial charge in [0.2, 0.25) is 0 Å². The standard InChI is InChI=1S/C7H10O3S/c1-5(2)7(9)10-4-3-6(8)11/h1,3-4H2,2H3,(H,8,11). The van der Waals surface area contributed by atoms with Crippen molar-refractivity contribution in [1.29, 1.82) is 0 Å². The summed E-state index contributed by atoms with van der Waals surface area (Å²) in [5, 5.41) is -0.292. The highest BCUT2D eigenvalue weighted by Gasteiger charge is 2.02. The molecule has 0 aromatic carbocycles. The number of thiol groups is 1. The highest BCUT2D eigenvalue weighted by atomic mass is 32.1. The van der Waals surface area contributed by atoms with Gasteiger partial charge < -0.3 is 4.74 Å². The lowest BCUT2D eigenvalue weighted by Gasteiger charge is -2.00. The summed E-state index contributed by atoms with van der Waals surface area (Å²) < 4.78 is 4.61. The molecule has 0 saturated carbocycles. The zero-order valence-corrected chi connectivity index (χ0v) is 7.19. The molecule has 0 amide bonds. The number of rotatable bonds is 4. The van der Waals surface area contributed by atoms with E-state index in [9.17, 15) is 9.59 Å². The summed E-state index contributed by atoms with van der Waals surface area (Å²) >= 11 is 3.50. The Kier molecular flexibility index (Phi) is 4.61. The number of hydrogen-bond donors (Lipinski definition) is 1. The van der Waals surface area contributed by atoms with Crippen LogP contribution >= 0.6 is 12.6 Å². The zero-order valence-electron chi connectivity index (χ0n) is 6.29. The molecule has 3 nitrogen and oxygen atoms in total. The maximum Gasteiger partial charge on any atom is 0.333 e. The van der Waals surface area contributed by atoms with Gasteiger partial charge in [0.25, 0.3) is 0 Å². The van der Waals surface area contributed by atoms with Crippen molar-refractivity contribution >= 4 is 23.7 Å². The van der Waals surface area contributed by atoms with Crippen molar-refractivity contribution in [2.45, 2.75) is 13.3 Å². The molecule has 0 aliphatic carbocycles. The number of ether oxygens (including phenoxy) is 1. The van der Waals surface area contributed by atoms with Gasteiger partial charge in [-0.3, -0.25) is 4.79 Å². The van der Waals surface area contributed by atoms with Gasteiger partial charge in [-0.05, 0) is 6.92 Å². The van der Waals surface area contributed by atoms with Crippen LogP contribution in [0.3, 0.4) is 0 Å². The molecule has 0 heterocycles. The predicted octanol–water partition coefficient (Wildman–Crippen LogP) is 0.952. The van der Waals surface area contributed by atoms with E-state index in [1.54, 1.807) is 6.92 Å². The van der Waals surface area contributed by atoms with E-state index in [-0.39, 0.29) is 18.1 Å². The van der Waals surface area contributed by atoms with E-state index in [4.69, 9.17) is 0 Å². The summed E-state index contributed by atoms with van der Waals surface area (Å²) in [6.45, 7) is 5.00. The molecule has 4 heteroatoms. The molecule has 0 rings (SSSR count). The van der Waals surface area contributed by atoms with Gasteiger partial charge >= 0.3 is 5.97 Å². The van der Waals surface area contributed by atoms with E-state index in [1.807, 2.05) is 0 Å². The average molecular weight is 174 g/mol. The van der Waals surface area contributed by atoms with Crippen molar-refractivity contribution in [3.63, 3.8) is 0 Å². The summed E-state index contributed by atoms with van der Waals surface area (Å²) in [5.74, 6) is -0.473. The van der Waals surface area contributed by atoms with Gasteiger partial charge in [0, 0.05) is 5.57 Å². The molecule has 0 unspecified atom stereocenters. The van der Waals surface area contributed by atoms with E-state index in [1.165, 1.54) is 0 Å². The SMILES string of the molecule is C=C(C)C(=O)OCCC(=O)S. The first-order chi connectivity index (χ1) is 5.04. The minimum atomic E-state index is -0.473. The molecule has 11 heavy (non-hydrogen) atoms. The number of esters is 1. The molecule has 62 valence electrons. The van der Waals surface area contributed by atoms with Crippen LogP contribution < -0.4 is 0 Å². The zero-order chi connectivity index (χ0) is 8.85. The lowest BCUT2D eigenvalue weighted by molar-refractivity contribution is -0.139. The third-order valence-electron chi connectivity index (χ3n) is 0.898. The van der Waals surface area contributed by atoms with Gasteiger partial charge in [0.1, 0.15) is 0 Å². The summed E-state index contributed by atoms with van der Waals surface area (Å²) in [7, 11) is 0. The van der Waals surface area contributed by atoms with Crippen LogP contribution in [0.15, 0.2) is 12.2 Å². The summed E-state index contributed by atoms with van der Waals surface area (Å²) in [5.41, 5.74) is 0.330. The average Bonchev–Trinajstić information content (AvgIpc) is 1.86. The first-order valence-corrected chi connectivity index (χ1v) is 3.53. The Morgan fingerprint density at radius 2 is 2.09 bits per heavy atom. The molecular weight excluding hydrogens is 164 g/mol. The molecule has 0 aromatic heterocycles. The maximum atomic E-state index is 10.7. The molecule has 0 spiro atoms. The van der Waals surface area contributed by atoms with Gasteiger partial charge in [0.15, 0.2) is 5.12 Å². The van der Waals surface area contributed by atoms with Crippen LogP contribution in [0.1, 0.15) is 13.3 Å². The molecular formula is C7H10O3S. The Morgan fingerprint density at radius 3 is 2.45 bits per heavy atom. The first-order valence-electron chi connectivity index (χ1n) is 3.08. The van der Waals surface area contributed by atoms with Gasteiger partial charge in [-0.25, -0.2) is 4.79 Å². The van der Waals surface area contributed by atoms with Crippen LogP contribution in [0.4, 0.5) is 0 Å².